The number of benzene rings is 1. The van der Waals surface area contributed by atoms with Crippen LogP contribution in [-0.4, -0.2) is 45.9 Å². The fraction of sp³-hybridized carbons (Fsp3) is 0.438. The maximum atomic E-state index is 12.2. The number of rotatable bonds is 3. The molecule has 0 aliphatic carbocycles. The standard InChI is InChI=1S/C16H20O6/c1-8(2)13(14-11(17)12(18)16(20)22-14)21-15(19)10-6-4-9(3)5-7-10/h4-7,11-12,14,16-18,20H,1-3H3/t11-,12-,14+,16+/m1/s1. The van der Waals surface area contributed by atoms with Crippen molar-refractivity contribution in [3.8, 4) is 0 Å². The van der Waals surface area contributed by atoms with E-state index in [0.717, 1.165) is 5.56 Å². The highest BCUT2D eigenvalue weighted by Gasteiger charge is 2.45. The second kappa shape index (κ2) is 6.58. The molecule has 0 aromatic heterocycles. The molecule has 1 fully saturated rings. The number of allylic oxidation sites excluding steroid dienone is 1. The summed E-state index contributed by atoms with van der Waals surface area (Å²) in [6, 6.07) is 6.84. The van der Waals surface area contributed by atoms with Gasteiger partial charge in [-0.1, -0.05) is 17.7 Å². The van der Waals surface area contributed by atoms with Crippen molar-refractivity contribution in [1.82, 2.24) is 0 Å². The monoisotopic (exact) mass is 308 g/mol. The minimum atomic E-state index is -1.52. The van der Waals surface area contributed by atoms with Crippen molar-refractivity contribution in [2.75, 3.05) is 0 Å². The molecule has 6 heteroatoms. The molecule has 0 unspecified atom stereocenters. The zero-order valence-electron chi connectivity index (χ0n) is 12.7. The molecule has 3 N–H and O–H groups in total. The molecule has 0 radical (unpaired) electrons. The summed E-state index contributed by atoms with van der Waals surface area (Å²) in [7, 11) is 0. The second-order valence-corrected chi connectivity index (χ2v) is 5.55. The van der Waals surface area contributed by atoms with E-state index in [1.54, 1.807) is 38.1 Å². The lowest BCUT2D eigenvalue weighted by atomic mass is 10.1. The Bertz CT molecular complexity index is 573. The molecule has 6 nitrogen and oxygen atoms in total. The molecule has 4 atom stereocenters. The van der Waals surface area contributed by atoms with Crippen LogP contribution in [0.1, 0.15) is 29.8 Å². The van der Waals surface area contributed by atoms with Gasteiger partial charge in [0, 0.05) is 0 Å². The maximum Gasteiger partial charge on any atom is 0.343 e. The average Bonchev–Trinajstić information content (AvgIpc) is 2.72. The molecule has 0 bridgehead atoms. The number of ether oxygens (including phenoxy) is 2. The van der Waals surface area contributed by atoms with Crippen molar-refractivity contribution in [3.05, 3.63) is 46.7 Å². The van der Waals surface area contributed by atoms with E-state index in [0.29, 0.717) is 11.1 Å². The van der Waals surface area contributed by atoms with Gasteiger partial charge in [0.2, 0.25) is 0 Å². The van der Waals surface area contributed by atoms with E-state index in [-0.39, 0.29) is 5.76 Å². The Balaban J connectivity index is 2.19. The van der Waals surface area contributed by atoms with Gasteiger partial charge in [0.05, 0.1) is 5.56 Å². The second-order valence-electron chi connectivity index (χ2n) is 5.55. The summed E-state index contributed by atoms with van der Waals surface area (Å²) >= 11 is 0. The molecule has 0 amide bonds. The van der Waals surface area contributed by atoms with Gasteiger partial charge in [-0.05, 0) is 38.5 Å². The topological polar surface area (TPSA) is 96.2 Å². The number of hydrogen-bond donors (Lipinski definition) is 3. The van der Waals surface area contributed by atoms with Crippen molar-refractivity contribution in [2.45, 2.75) is 45.4 Å². The Morgan fingerprint density at radius 1 is 1.09 bits per heavy atom. The van der Waals surface area contributed by atoms with Crippen molar-refractivity contribution in [3.63, 3.8) is 0 Å². The molecule has 1 saturated heterocycles. The van der Waals surface area contributed by atoms with Gasteiger partial charge in [-0.2, -0.15) is 0 Å². The SMILES string of the molecule is CC(C)=C(OC(=O)c1ccc(C)cc1)[C@H]1O[C@H](O)[C@H](O)[C@H]1O. The predicted molar refractivity (Wildman–Crippen MR) is 77.9 cm³/mol. The lowest BCUT2D eigenvalue weighted by Gasteiger charge is -2.19. The Labute approximate surface area is 128 Å². The minimum Gasteiger partial charge on any atom is -0.425 e. The van der Waals surface area contributed by atoms with Gasteiger partial charge >= 0.3 is 5.97 Å². The molecule has 0 saturated carbocycles. The highest BCUT2D eigenvalue weighted by Crippen LogP contribution is 2.28. The van der Waals surface area contributed by atoms with Crippen LogP contribution in [0.15, 0.2) is 35.6 Å². The molecule has 120 valence electrons. The quantitative estimate of drug-likeness (QED) is 0.567. The zero-order chi connectivity index (χ0) is 16.4. The summed E-state index contributed by atoms with van der Waals surface area (Å²) in [6.07, 6.45) is -5.43. The molecule has 1 aliphatic heterocycles. The van der Waals surface area contributed by atoms with Gasteiger partial charge in [0.25, 0.3) is 0 Å². The molecule has 0 spiro atoms. The van der Waals surface area contributed by atoms with E-state index in [4.69, 9.17) is 9.47 Å². The molecule has 1 aliphatic rings. The number of carbonyl (C=O) groups is 1. The molecular weight excluding hydrogens is 288 g/mol. The summed E-state index contributed by atoms with van der Waals surface area (Å²) in [5.41, 5.74) is 1.98. The van der Waals surface area contributed by atoms with Crippen molar-refractivity contribution in [2.24, 2.45) is 0 Å². The van der Waals surface area contributed by atoms with E-state index in [1.807, 2.05) is 6.92 Å². The van der Waals surface area contributed by atoms with Crippen LogP contribution < -0.4 is 0 Å². The van der Waals surface area contributed by atoms with Crippen molar-refractivity contribution >= 4 is 5.97 Å². The molecular formula is C16H20O6. The van der Waals surface area contributed by atoms with Crippen LogP contribution >= 0.6 is 0 Å². The number of esters is 1. The van der Waals surface area contributed by atoms with E-state index < -0.39 is 30.6 Å². The number of hydrogen-bond acceptors (Lipinski definition) is 6. The summed E-state index contributed by atoms with van der Waals surface area (Å²) in [4.78, 5) is 12.2. The van der Waals surface area contributed by atoms with Crippen LogP contribution in [0.25, 0.3) is 0 Å². The molecule has 1 heterocycles. The highest BCUT2D eigenvalue weighted by molar-refractivity contribution is 5.90. The minimum absolute atomic E-state index is 0.0914. The summed E-state index contributed by atoms with van der Waals surface area (Å²) in [6.45, 7) is 5.28. The highest BCUT2D eigenvalue weighted by atomic mass is 16.7. The van der Waals surface area contributed by atoms with E-state index >= 15 is 0 Å². The Kier molecular flexibility index (Phi) is 4.97. The van der Waals surface area contributed by atoms with E-state index in [9.17, 15) is 20.1 Å². The first-order valence-electron chi connectivity index (χ1n) is 6.97. The predicted octanol–water partition coefficient (Wildman–Crippen LogP) is 0.885. The summed E-state index contributed by atoms with van der Waals surface area (Å²) < 4.78 is 10.4. The van der Waals surface area contributed by atoms with Crippen LogP contribution in [0, 0.1) is 6.92 Å². The Hall–Kier alpha value is -1.73. The van der Waals surface area contributed by atoms with Gasteiger partial charge in [-0.25, -0.2) is 4.79 Å². The lowest BCUT2D eigenvalue weighted by molar-refractivity contribution is -0.126. The third-order valence-corrected chi connectivity index (χ3v) is 3.48. The summed E-state index contributed by atoms with van der Waals surface area (Å²) in [5.74, 6) is -0.503. The largest absolute Gasteiger partial charge is 0.425 e. The maximum absolute atomic E-state index is 12.2. The first kappa shape index (κ1) is 16.6. The number of aliphatic hydroxyl groups excluding tert-OH is 3. The number of aryl methyl sites for hydroxylation is 1. The van der Waals surface area contributed by atoms with Gasteiger partial charge in [0.1, 0.15) is 24.1 Å². The Morgan fingerprint density at radius 2 is 1.68 bits per heavy atom. The van der Waals surface area contributed by atoms with Crippen molar-refractivity contribution in [1.29, 1.82) is 0 Å². The number of aliphatic hydroxyl groups is 3. The van der Waals surface area contributed by atoms with Crippen LogP contribution in [0.3, 0.4) is 0 Å². The third kappa shape index (κ3) is 3.36. The first-order chi connectivity index (χ1) is 10.3. The molecule has 1 aromatic rings. The first-order valence-corrected chi connectivity index (χ1v) is 6.97. The van der Waals surface area contributed by atoms with Crippen LogP contribution in [0.4, 0.5) is 0 Å². The average molecular weight is 308 g/mol. The fourth-order valence-electron chi connectivity index (χ4n) is 2.17. The zero-order valence-corrected chi connectivity index (χ0v) is 12.7. The van der Waals surface area contributed by atoms with E-state index in [1.165, 1.54) is 0 Å². The molecule has 2 rings (SSSR count). The van der Waals surface area contributed by atoms with Crippen LogP contribution in [0.2, 0.25) is 0 Å². The summed E-state index contributed by atoms with van der Waals surface area (Å²) in [5, 5.41) is 28.9. The lowest BCUT2D eigenvalue weighted by Crippen LogP contribution is -2.34. The Morgan fingerprint density at radius 3 is 2.14 bits per heavy atom. The van der Waals surface area contributed by atoms with Gasteiger partial charge in [-0.15, -0.1) is 0 Å². The van der Waals surface area contributed by atoms with E-state index in [2.05, 4.69) is 0 Å². The van der Waals surface area contributed by atoms with Crippen LogP contribution in [0.5, 0.6) is 0 Å². The van der Waals surface area contributed by atoms with Gasteiger partial charge in [-0.3, -0.25) is 0 Å². The molecule has 22 heavy (non-hydrogen) atoms. The third-order valence-electron chi connectivity index (χ3n) is 3.48. The molecule has 1 aromatic carbocycles. The fourth-order valence-corrected chi connectivity index (χ4v) is 2.17. The van der Waals surface area contributed by atoms with Crippen molar-refractivity contribution < 1.29 is 29.6 Å². The van der Waals surface area contributed by atoms with Crippen LogP contribution in [-0.2, 0) is 9.47 Å². The number of carbonyl (C=O) groups excluding carboxylic acids is 1. The smallest absolute Gasteiger partial charge is 0.343 e. The normalized spacial score (nSPS) is 27.5. The van der Waals surface area contributed by atoms with Gasteiger partial charge in [0.15, 0.2) is 6.29 Å². The van der Waals surface area contributed by atoms with Gasteiger partial charge < -0.3 is 24.8 Å².